The van der Waals surface area contributed by atoms with E-state index in [0.717, 1.165) is 38.2 Å². The van der Waals surface area contributed by atoms with Crippen molar-refractivity contribution in [3.05, 3.63) is 27.8 Å². The molecule has 28 heavy (non-hydrogen) atoms. The molecular formula is C19H26N2O7. The molecule has 0 spiro atoms. The van der Waals surface area contributed by atoms with Gasteiger partial charge in [-0.2, -0.15) is 0 Å². The second kappa shape index (κ2) is 9.91. The number of benzene rings is 1. The maximum atomic E-state index is 12.5. The van der Waals surface area contributed by atoms with Crippen LogP contribution < -0.4 is 14.8 Å². The summed E-state index contributed by atoms with van der Waals surface area (Å²) in [5, 5.41) is 14.2. The predicted molar refractivity (Wildman–Crippen MR) is 101 cm³/mol. The molecule has 2 rings (SSSR count). The van der Waals surface area contributed by atoms with Gasteiger partial charge in [0.1, 0.15) is 5.56 Å². The number of carbonyl (C=O) groups is 2. The molecule has 1 amide bonds. The third-order valence-corrected chi connectivity index (χ3v) is 4.60. The highest BCUT2D eigenvalue weighted by Crippen LogP contribution is 2.35. The fourth-order valence-corrected chi connectivity index (χ4v) is 3.13. The molecule has 1 aromatic carbocycles. The molecule has 9 heteroatoms. The zero-order valence-corrected chi connectivity index (χ0v) is 16.4. The second-order valence-corrected chi connectivity index (χ2v) is 6.60. The van der Waals surface area contributed by atoms with Crippen molar-refractivity contribution in [3.63, 3.8) is 0 Å². The van der Waals surface area contributed by atoms with Crippen LogP contribution in [0.25, 0.3) is 0 Å². The summed E-state index contributed by atoms with van der Waals surface area (Å²) in [5.74, 6) is -1.07. The monoisotopic (exact) mass is 394 g/mol. The second-order valence-electron chi connectivity index (χ2n) is 6.60. The molecular weight excluding hydrogens is 368 g/mol. The van der Waals surface area contributed by atoms with Crippen LogP contribution in [0.5, 0.6) is 11.5 Å². The highest BCUT2D eigenvalue weighted by atomic mass is 16.6. The molecule has 1 aliphatic rings. The van der Waals surface area contributed by atoms with E-state index >= 15 is 0 Å². The molecule has 1 aromatic rings. The summed E-state index contributed by atoms with van der Waals surface area (Å²) >= 11 is 0. The normalized spacial score (nSPS) is 15.4. The fraction of sp³-hybridized carbons (Fsp3) is 0.579. The van der Waals surface area contributed by atoms with E-state index in [1.54, 1.807) is 6.92 Å². The number of methoxy groups -OCH3 is 1. The van der Waals surface area contributed by atoms with Crippen LogP contribution in [0.4, 0.5) is 5.69 Å². The Hall–Kier alpha value is -2.84. The van der Waals surface area contributed by atoms with Gasteiger partial charge in [-0.15, -0.1) is 0 Å². The van der Waals surface area contributed by atoms with Crippen LogP contribution in [-0.2, 0) is 9.53 Å². The van der Waals surface area contributed by atoms with E-state index in [-0.39, 0.29) is 29.7 Å². The van der Waals surface area contributed by atoms with Gasteiger partial charge in [-0.1, -0.05) is 19.3 Å². The van der Waals surface area contributed by atoms with E-state index in [4.69, 9.17) is 14.2 Å². The number of ether oxygens (including phenoxy) is 3. The van der Waals surface area contributed by atoms with Gasteiger partial charge in [-0.25, -0.2) is 4.79 Å². The first-order valence-corrected chi connectivity index (χ1v) is 9.38. The van der Waals surface area contributed by atoms with Crippen molar-refractivity contribution >= 4 is 17.6 Å². The Balaban J connectivity index is 2.15. The third-order valence-electron chi connectivity index (χ3n) is 4.60. The van der Waals surface area contributed by atoms with Crippen LogP contribution in [0, 0.1) is 10.1 Å². The lowest BCUT2D eigenvalue weighted by molar-refractivity contribution is -0.385. The van der Waals surface area contributed by atoms with Crippen molar-refractivity contribution in [2.45, 2.75) is 58.1 Å². The van der Waals surface area contributed by atoms with Crippen LogP contribution in [0.15, 0.2) is 12.1 Å². The van der Waals surface area contributed by atoms with E-state index in [9.17, 15) is 19.7 Å². The van der Waals surface area contributed by atoms with Gasteiger partial charge in [0.25, 0.3) is 11.6 Å². The van der Waals surface area contributed by atoms with Gasteiger partial charge in [0.2, 0.25) is 0 Å². The topological polar surface area (TPSA) is 117 Å². The van der Waals surface area contributed by atoms with Crippen LogP contribution in [0.3, 0.4) is 0 Å². The number of rotatable bonds is 8. The van der Waals surface area contributed by atoms with Crippen molar-refractivity contribution in [1.82, 2.24) is 5.32 Å². The van der Waals surface area contributed by atoms with E-state index in [2.05, 4.69) is 5.32 Å². The molecule has 1 atom stereocenters. The van der Waals surface area contributed by atoms with Gasteiger partial charge in [0, 0.05) is 12.1 Å². The summed E-state index contributed by atoms with van der Waals surface area (Å²) in [7, 11) is 1.34. The van der Waals surface area contributed by atoms with Crippen LogP contribution in [0.1, 0.15) is 56.3 Å². The van der Waals surface area contributed by atoms with Gasteiger partial charge >= 0.3 is 5.97 Å². The zero-order chi connectivity index (χ0) is 20.7. The molecule has 9 nitrogen and oxygen atoms in total. The number of carbonyl (C=O) groups excluding carboxylic acids is 2. The summed E-state index contributed by atoms with van der Waals surface area (Å²) in [5.41, 5.74) is -0.781. The predicted octanol–water partition coefficient (Wildman–Crippen LogP) is 3.00. The Bertz CT molecular complexity index is 729. The van der Waals surface area contributed by atoms with E-state index < -0.39 is 28.6 Å². The van der Waals surface area contributed by atoms with E-state index in [0.29, 0.717) is 0 Å². The average molecular weight is 394 g/mol. The SMILES string of the molecule is CCOc1cc(C(=O)O[C@@H](C)C(=O)NC2CCCCC2)c([N+](=O)[O-])cc1OC. The standard InChI is InChI=1S/C19H26N2O7/c1-4-27-17-10-14(15(21(24)25)11-16(17)26-3)19(23)28-12(2)18(22)20-13-8-6-5-7-9-13/h10-13H,4-9H2,1-3H3,(H,20,22)/t12-/m0/s1. The first kappa shape index (κ1) is 21.5. The molecule has 0 radical (unpaired) electrons. The van der Waals surface area contributed by atoms with Gasteiger partial charge in [0.05, 0.1) is 24.7 Å². The van der Waals surface area contributed by atoms with Crippen molar-refractivity contribution < 1.29 is 28.7 Å². The lowest BCUT2D eigenvalue weighted by atomic mass is 9.95. The van der Waals surface area contributed by atoms with Crippen molar-refractivity contribution in [2.75, 3.05) is 13.7 Å². The quantitative estimate of drug-likeness (QED) is 0.409. The molecule has 1 saturated carbocycles. The van der Waals surface area contributed by atoms with Crippen molar-refractivity contribution in [2.24, 2.45) is 0 Å². The molecule has 0 saturated heterocycles. The molecule has 0 bridgehead atoms. The molecule has 1 N–H and O–H groups in total. The molecule has 1 fully saturated rings. The summed E-state index contributed by atoms with van der Waals surface area (Å²) in [6.07, 6.45) is 3.98. The highest BCUT2D eigenvalue weighted by molar-refractivity contribution is 5.96. The highest BCUT2D eigenvalue weighted by Gasteiger charge is 2.29. The summed E-state index contributed by atoms with van der Waals surface area (Å²) < 4.78 is 15.6. The Kier molecular flexibility index (Phi) is 7.60. The van der Waals surface area contributed by atoms with Gasteiger partial charge in [-0.05, 0) is 26.7 Å². The lowest BCUT2D eigenvalue weighted by Gasteiger charge is -2.24. The van der Waals surface area contributed by atoms with Gasteiger partial charge in [0.15, 0.2) is 17.6 Å². The fourth-order valence-electron chi connectivity index (χ4n) is 3.13. The summed E-state index contributed by atoms with van der Waals surface area (Å²) in [6, 6.07) is 2.38. The first-order chi connectivity index (χ1) is 13.4. The smallest absolute Gasteiger partial charge is 0.346 e. The largest absolute Gasteiger partial charge is 0.493 e. The average Bonchev–Trinajstić information content (AvgIpc) is 2.68. The summed E-state index contributed by atoms with van der Waals surface area (Å²) in [6.45, 7) is 3.45. The number of hydrogen-bond acceptors (Lipinski definition) is 7. The minimum Gasteiger partial charge on any atom is -0.493 e. The van der Waals surface area contributed by atoms with Crippen molar-refractivity contribution in [3.8, 4) is 11.5 Å². The molecule has 1 aliphatic carbocycles. The van der Waals surface area contributed by atoms with Gasteiger partial charge in [-0.3, -0.25) is 14.9 Å². The van der Waals surface area contributed by atoms with Gasteiger partial charge < -0.3 is 19.5 Å². The Morgan fingerprint density at radius 2 is 1.93 bits per heavy atom. The number of amides is 1. The maximum Gasteiger partial charge on any atom is 0.346 e. The van der Waals surface area contributed by atoms with Crippen LogP contribution in [0.2, 0.25) is 0 Å². The molecule has 154 valence electrons. The molecule has 0 heterocycles. The minimum atomic E-state index is -1.08. The zero-order valence-electron chi connectivity index (χ0n) is 16.4. The number of nitro benzene ring substituents is 1. The number of nitrogens with zero attached hydrogens (tertiary/aromatic N) is 1. The minimum absolute atomic E-state index is 0.0716. The van der Waals surface area contributed by atoms with Crippen LogP contribution >= 0.6 is 0 Å². The Morgan fingerprint density at radius 3 is 2.50 bits per heavy atom. The molecule has 0 aliphatic heterocycles. The number of esters is 1. The summed E-state index contributed by atoms with van der Waals surface area (Å²) in [4.78, 5) is 35.5. The number of nitro groups is 1. The maximum absolute atomic E-state index is 12.5. The van der Waals surface area contributed by atoms with Crippen molar-refractivity contribution in [1.29, 1.82) is 0 Å². The van der Waals surface area contributed by atoms with E-state index in [1.165, 1.54) is 20.1 Å². The number of nitrogens with one attached hydrogen (secondary N) is 1. The molecule has 0 unspecified atom stereocenters. The molecule has 0 aromatic heterocycles. The first-order valence-electron chi connectivity index (χ1n) is 9.38. The van der Waals surface area contributed by atoms with E-state index in [1.807, 2.05) is 0 Å². The lowest BCUT2D eigenvalue weighted by Crippen LogP contribution is -2.42. The Morgan fingerprint density at radius 1 is 1.25 bits per heavy atom. The number of hydrogen-bond donors (Lipinski definition) is 1. The Labute approximate surface area is 163 Å². The third kappa shape index (κ3) is 5.34. The van der Waals surface area contributed by atoms with Crippen LogP contribution in [-0.4, -0.2) is 42.7 Å².